The lowest BCUT2D eigenvalue weighted by Gasteiger charge is -2.13. The molecular formula is C21H28N4O3. The third kappa shape index (κ3) is 4.70. The number of aromatic nitrogens is 2. The van der Waals surface area contributed by atoms with E-state index in [9.17, 15) is 9.59 Å². The van der Waals surface area contributed by atoms with E-state index in [1.165, 1.54) is 0 Å². The Balaban J connectivity index is 1.36. The average Bonchev–Trinajstić information content (AvgIpc) is 3.32. The Bertz CT molecular complexity index is 837. The van der Waals surface area contributed by atoms with Gasteiger partial charge < -0.3 is 19.9 Å². The number of fused-ring (bicyclic) bond motifs is 1. The number of nitrogens with zero attached hydrogens (tertiary/aromatic N) is 2. The van der Waals surface area contributed by atoms with E-state index in [0.29, 0.717) is 13.1 Å². The summed E-state index contributed by atoms with van der Waals surface area (Å²) in [6.45, 7) is 2.24. The number of hydrogen-bond acceptors (Lipinski definition) is 4. The predicted octanol–water partition coefficient (Wildman–Crippen LogP) is 1.79. The van der Waals surface area contributed by atoms with Gasteiger partial charge in [-0.05, 0) is 44.2 Å². The Hall–Kier alpha value is -2.41. The van der Waals surface area contributed by atoms with Crippen LogP contribution >= 0.6 is 0 Å². The topological polar surface area (TPSA) is 85.2 Å². The molecule has 2 aliphatic rings. The van der Waals surface area contributed by atoms with Crippen LogP contribution in [0, 0.1) is 5.92 Å². The molecule has 1 saturated carbocycles. The summed E-state index contributed by atoms with van der Waals surface area (Å²) in [6, 6.07) is 7.88. The number of aryl methyl sites for hydroxylation is 1. The van der Waals surface area contributed by atoms with Crippen molar-refractivity contribution in [3.05, 3.63) is 30.1 Å². The molecule has 1 aliphatic carbocycles. The van der Waals surface area contributed by atoms with Gasteiger partial charge in [0, 0.05) is 32.0 Å². The summed E-state index contributed by atoms with van der Waals surface area (Å²) in [6.07, 6.45) is 5.77. The molecule has 1 unspecified atom stereocenters. The minimum absolute atomic E-state index is 0.0260. The first-order chi connectivity index (χ1) is 13.7. The van der Waals surface area contributed by atoms with Gasteiger partial charge in [0.05, 0.1) is 17.1 Å². The van der Waals surface area contributed by atoms with E-state index >= 15 is 0 Å². The number of ether oxygens (including phenoxy) is 1. The molecule has 1 aromatic heterocycles. The number of carbonyl (C=O) groups is 2. The highest BCUT2D eigenvalue weighted by Gasteiger charge is 2.29. The molecule has 2 fully saturated rings. The number of rotatable bonds is 9. The van der Waals surface area contributed by atoms with Crippen molar-refractivity contribution >= 4 is 22.8 Å². The fourth-order valence-electron chi connectivity index (χ4n) is 3.67. The van der Waals surface area contributed by atoms with Gasteiger partial charge in [0.25, 0.3) is 0 Å². The van der Waals surface area contributed by atoms with E-state index in [-0.39, 0.29) is 30.4 Å². The number of imidazole rings is 1. The minimum atomic E-state index is -0.0260. The quantitative estimate of drug-likeness (QED) is 0.646. The molecule has 0 spiro atoms. The summed E-state index contributed by atoms with van der Waals surface area (Å²) in [5, 5.41) is 5.98. The average molecular weight is 384 g/mol. The maximum Gasteiger partial charge on any atom is 0.240 e. The molecule has 2 amide bonds. The predicted molar refractivity (Wildman–Crippen MR) is 106 cm³/mol. The van der Waals surface area contributed by atoms with E-state index in [1.54, 1.807) is 0 Å². The first kappa shape index (κ1) is 18.9. The minimum Gasteiger partial charge on any atom is -0.376 e. The van der Waals surface area contributed by atoms with Crippen LogP contribution in [0.4, 0.5) is 0 Å². The molecule has 28 heavy (non-hydrogen) atoms. The zero-order chi connectivity index (χ0) is 19.3. The molecular weight excluding hydrogens is 356 g/mol. The van der Waals surface area contributed by atoms with E-state index in [2.05, 4.69) is 10.6 Å². The third-order valence-electron chi connectivity index (χ3n) is 5.41. The maximum absolute atomic E-state index is 12.5. The van der Waals surface area contributed by atoms with Crippen molar-refractivity contribution in [2.75, 3.05) is 19.7 Å². The van der Waals surface area contributed by atoms with Crippen molar-refractivity contribution in [1.82, 2.24) is 20.2 Å². The standard InChI is InChI=1S/C21H28N4O3/c26-20(23-13-16-5-4-12-28-16)14-25-18-7-2-1-6-17(18)24-19(25)8-3-11-22-21(27)15-9-10-15/h1-2,6-7,15-16H,3-5,8-14H2,(H,22,27)(H,23,26). The van der Waals surface area contributed by atoms with Crippen LogP contribution in [0.5, 0.6) is 0 Å². The number of nitrogens with one attached hydrogen (secondary N) is 2. The third-order valence-corrected chi connectivity index (χ3v) is 5.41. The molecule has 4 rings (SSSR count). The van der Waals surface area contributed by atoms with E-state index in [4.69, 9.17) is 9.72 Å². The summed E-state index contributed by atoms with van der Waals surface area (Å²) >= 11 is 0. The number of para-hydroxylation sites is 2. The van der Waals surface area contributed by atoms with Crippen molar-refractivity contribution in [2.24, 2.45) is 5.92 Å². The lowest BCUT2D eigenvalue weighted by molar-refractivity contribution is -0.122. The highest BCUT2D eigenvalue weighted by atomic mass is 16.5. The molecule has 1 aliphatic heterocycles. The summed E-state index contributed by atoms with van der Waals surface area (Å²) in [5.41, 5.74) is 1.86. The molecule has 2 N–H and O–H groups in total. The number of amides is 2. The Morgan fingerprint density at radius 1 is 1.18 bits per heavy atom. The normalized spacial score (nSPS) is 19.1. The van der Waals surface area contributed by atoms with Crippen LogP contribution in [-0.2, 0) is 27.3 Å². The molecule has 7 nitrogen and oxygen atoms in total. The van der Waals surface area contributed by atoms with Crippen molar-refractivity contribution in [3.63, 3.8) is 0 Å². The van der Waals surface area contributed by atoms with E-state index in [0.717, 1.165) is 62.0 Å². The van der Waals surface area contributed by atoms with Gasteiger partial charge in [0.15, 0.2) is 0 Å². The molecule has 0 radical (unpaired) electrons. The smallest absolute Gasteiger partial charge is 0.240 e. The van der Waals surface area contributed by atoms with Crippen molar-refractivity contribution in [2.45, 2.75) is 51.2 Å². The number of hydrogen-bond donors (Lipinski definition) is 2. The van der Waals surface area contributed by atoms with Crippen LogP contribution in [0.25, 0.3) is 11.0 Å². The van der Waals surface area contributed by atoms with Gasteiger partial charge in [-0.25, -0.2) is 4.98 Å². The van der Waals surface area contributed by atoms with Crippen molar-refractivity contribution in [3.8, 4) is 0 Å². The number of benzene rings is 1. The Kier molecular flexibility index (Phi) is 5.90. The lowest BCUT2D eigenvalue weighted by atomic mass is 10.2. The first-order valence-electron chi connectivity index (χ1n) is 10.3. The fraction of sp³-hybridized carbons (Fsp3) is 0.571. The second kappa shape index (κ2) is 8.73. The summed E-state index contributed by atoms with van der Waals surface area (Å²) in [5.74, 6) is 1.26. The highest BCUT2D eigenvalue weighted by molar-refractivity contribution is 5.81. The summed E-state index contributed by atoms with van der Waals surface area (Å²) in [7, 11) is 0. The molecule has 1 aromatic carbocycles. The largest absolute Gasteiger partial charge is 0.376 e. The van der Waals surface area contributed by atoms with Gasteiger partial charge in [-0.3, -0.25) is 9.59 Å². The molecule has 2 aromatic rings. The van der Waals surface area contributed by atoms with Crippen molar-refractivity contribution < 1.29 is 14.3 Å². The van der Waals surface area contributed by atoms with Crippen LogP contribution in [0.2, 0.25) is 0 Å². The van der Waals surface area contributed by atoms with Gasteiger partial charge in [0.2, 0.25) is 11.8 Å². The molecule has 7 heteroatoms. The summed E-state index contributed by atoms with van der Waals surface area (Å²) < 4.78 is 7.56. The van der Waals surface area contributed by atoms with Crippen molar-refractivity contribution in [1.29, 1.82) is 0 Å². The van der Waals surface area contributed by atoms with Crippen LogP contribution in [0.15, 0.2) is 24.3 Å². The fourth-order valence-corrected chi connectivity index (χ4v) is 3.67. The Morgan fingerprint density at radius 2 is 2.04 bits per heavy atom. The van der Waals surface area contributed by atoms with Gasteiger partial charge in [0.1, 0.15) is 12.4 Å². The summed E-state index contributed by atoms with van der Waals surface area (Å²) in [4.78, 5) is 29.0. The monoisotopic (exact) mass is 384 g/mol. The van der Waals surface area contributed by atoms with E-state index in [1.807, 2.05) is 28.8 Å². The zero-order valence-electron chi connectivity index (χ0n) is 16.2. The zero-order valence-corrected chi connectivity index (χ0v) is 16.2. The lowest BCUT2D eigenvalue weighted by Crippen LogP contribution is -2.34. The van der Waals surface area contributed by atoms with E-state index < -0.39 is 0 Å². The molecule has 1 saturated heterocycles. The second-order valence-electron chi connectivity index (χ2n) is 7.71. The Labute approximate surface area is 164 Å². The number of carbonyl (C=O) groups excluding carboxylic acids is 2. The molecule has 150 valence electrons. The highest BCUT2D eigenvalue weighted by Crippen LogP contribution is 2.28. The van der Waals surface area contributed by atoms with Crippen LogP contribution in [-0.4, -0.2) is 47.2 Å². The second-order valence-corrected chi connectivity index (χ2v) is 7.71. The maximum atomic E-state index is 12.5. The molecule has 1 atom stereocenters. The Morgan fingerprint density at radius 3 is 2.82 bits per heavy atom. The van der Waals surface area contributed by atoms with Crippen LogP contribution in [0.3, 0.4) is 0 Å². The SMILES string of the molecule is O=C(Cn1c(CCCNC(=O)C2CC2)nc2ccccc21)NCC1CCCO1. The van der Waals surface area contributed by atoms with Crippen LogP contribution < -0.4 is 10.6 Å². The van der Waals surface area contributed by atoms with Crippen LogP contribution in [0.1, 0.15) is 37.9 Å². The van der Waals surface area contributed by atoms with Gasteiger partial charge in [-0.1, -0.05) is 12.1 Å². The van der Waals surface area contributed by atoms with Gasteiger partial charge in [-0.2, -0.15) is 0 Å². The first-order valence-corrected chi connectivity index (χ1v) is 10.3. The van der Waals surface area contributed by atoms with Gasteiger partial charge in [-0.15, -0.1) is 0 Å². The molecule has 0 bridgehead atoms. The van der Waals surface area contributed by atoms with Gasteiger partial charge >= 0.3 is 0 Å². The molecule has 2 heterocycles.